The number of halogens is 1. The van der Waals surface area contributed by atoms with Crippen molar-refractivity contribution in [2.45, 2.75) is 37.5 Å². The van der Waals surface area contributed by atoms with E-state index in [1.807, 2.05) is 9.47 Å². The number of hydrogen-bond donors (Lipinski definition) is 1. The van der Waals surface area contributed by atoms with Crippen LogP contribution in [0.5, 0.6) is 0 Å². The van der Waals surface area contributed by atoms with Crippen molar-refractivity contribution in [2.24, 2.45) is 0 Å². The van der Waals surface area contributed by atoms with Gasteiger partial charge in [-0.05, 0) is 36.5 Å². The van der Waals surface area contributed by atoms with Crippen LogP contribution in [-0.4, -0.2) is 41.0 Å². The standard InChI is InChI=1S/C20H20FN3O4S/c21-13-9-12-14(10-15(13)23-5-3-20(4-6-23)27-7-8-28-20)24(11-1-2-11)19-16(17(12)25)18(26)22-29-19/h9-11H,1-8H2,(H,22,26). The van der Waals surface area contributed by atoms with Crippen LogP contribution in [0, 0.1) is 5.82 Å². The Balaban J connectivity index is 1.50. The number of piperidine rings is 1. The summed E-state index contributed by atoms with van der Waals surface area (Å²) in [5.41, 5.74) is 0.394. The van der Waals surface area contributed by atoms with Crippen LogP contribution in [0.2, 0.25) is 0 Å². The highest BCUT2D eigenvalue weighted by molar-refractivity contribution is 7.12. The summed E-state index contributed by atoms with van der Waals surface area (Å²) in [6.07, 6.45) is 3.34. The minimum atomic E-state index is -0.524. The number of aromatic nitrogens is 2. The van der Waals surface area contributed by atoms with E-state index in [-0.39, 0.29) is 16.8 Å². The third kappa shape index (κ3) is 2.60. The Labute approximate surface area is 168 Å². The Hall–Kier alpha value is -2.23. The van der Waals surface area contributed by atoms with Crippen LogP contribution in [0.15, 0.2) is 21.7 Å². The normalized spacial score (nSPS) is 21.6. The molecule has 9 heteroatoms. The average Bonchev–Trinajstić information content (AvgIpc) is 3.34. The molecule has 2 aromatic heterocycles. The molecule has 0 radical (unpaired) electrons. The number of fused-ring (bicyclic) bond motifs is 2. The van der Waals surface area contributed by atoms with Crippen LogP contribution in [0.3, 0.4) is 0 Å². The van der Waals surface area contributed by atoms with Gasteiger partial charge < -0.3 is 18.9 Å². The topological polar surface area (TPSA) is 76.6 Å². The molecule has 3 aromatic rings. The summed E-state index contributed by atoms with van der Waals surface area (Å²) >= 11 is 1.18. The van der Waals surface area contributed by atoms with Gasteiger partial charge in [0.25, 0.3) is 5.56 Å². The molecule has 2 saturated heterocycles. The molecule has 4 heterocycles. The molecular weight excluding hydrogens is 397 g/mol. The van der Waals surface area contributed by atoms with E-state index in [9.17, 15) is 9.59 Å². The average molecular weight is 417 g/mol. The summed E-state index contributed by atoms with van der Waals surface area (Å²) in [5, 5.41) is 0.405. The van der Waals surface area contributed by atoms with Crippen LogP contribution in [0.25, 0.3) is 21.1 Å². The number of H-pyrrole nitrogens is 1. The first-order valence-electron chi connectivity index (χ1n) is 9.98. The lowest BCUT2D eigenvalue weighted by molar-refractivity contribution is -0.169. The number of anilines is 1. The predicted molar refractivity (Wildman–Crippen MR) is 109 cm³/mol. The Morgan fingerprint density at radius 1 is 1.14 bits per heavy atom. The number of nitrogens with zero attached hydrogens (tertiary/aromatic N) is 2. The summed E-state index contributed by atoms with van der Waals surface area (Å²) in [6, 6.07) is 3.33. The van der Waals surface area contributed by atoms with Crippen molar-refractivity contribution in [3.8, 4) is 0 Å². The monoisotopic (exact) mass is 417 g/mol. The molecule has 0 bridgehead atoms. The molecule has 1 saturated carbocycles. The van der Waals surface area contributed by atoms with Gasteiger partial charge in [0.15, 0.2) is 5.79 Å². The quantitative estimate of drug-likeness (QED) is 0.694. The van der Waals surface area contributed by atoms with E-state index in [1.54, 1.807) is 6.07 Å². The van der Waals surface area contributed by atoms with Crippen molar-refractivity contribution in [2.75, 3.05) is 31.2 Å². The van der Waals surface area contributed by atoms with Gasteiger partial charge in [-0.3, -0.25) is 14.0 Å². The molecule has 1 spiro atoms. The van der Waals surface area contributed by atoms with Gasteiger partial charge in [-0.1, -0.05) is 0 Å². The SMILES string of the molecule is O=c1[nH]sc2c1c(=O)c1cc(F)c(N3CCC4(CC3)OCCO4)cc1n2C1CC1. The van der Waals surface area contributed by atoms with E-state index >= 15 is 4.39 Å². The van der Waals surface area contributed by atoms with Crippen molar-refractivity contribution < 1.29 is 13.9 Å². The molecule has 7 nitrogen and oxygen atoms in total. The second kappa shape index (κ2) is 6.13. The van der Waals surface area contributed by atoms with Gasteiger partial charge in [-0.25, -0.2) is 4.39 Å². The Morgan fingerprint density at radius 3 is 2.55 bits per heavy atom. The summed E-state index contributed by atoms with van der Waals surface area (Å²) < 4.78 is 31.4. The lowest BCUT2D eigenvalue weighted by Gasteiger charge is -2.38. The minimum Gasteiger partial charge on any atom is -0.369 e. The number of nitrogens with one attached hydrogen (secondary N) is 1. The molecule has 1 aromatic carbocycles. The fourth-order valence-electron chi connectivity index (χ4n) is 4.65. The molecule has 29 heavy (non-hydrogen) atoms. The summed E-state index contributed by atoms with van der Waals surface area (Å²) in [5.74, 6) is -0.962. The second-order valence-corrected chi connectivity index (χ2v) is 8.85. The molecule has 3 fully saturated rings. The van der Waals surface area contributed by atoms with Gasteiger partial charge in [-0.2, -0.15) is 0 Å². The maximum atomic E-state index is 15.1. The highest BCUT2D eigenvalue weighted by Crippen LogP contribution is 2.41. The molecule has 1 N–H and O–H groups in total. The molecule has 6 rings (SSSR count). The summed E-state index contributed by atoms with van der Waals surface area (Å²) in [6.45, 7) is 2.45. The third-order valence-corrected chi connectivity index (χ3v) is 7.17. The van der Waals surface area contributed by atoms with E-state index in [2.05, 4.69) is 4.37 Å². The van der Waals surface area contributed by atoms with E-state index in [0.717, 1.165) is 12.8 Å². The predicted octanol–water partition coefficient (Wildman–Crippen LogP) is 2.72. The zero-order valence-electron chi connectivity index (χ0n) is 15.7. The van der Waals surface area contributed by atoms with E-state index in [0.29, 0.717) is 55.2 Å². The second-order valence-electron chi connectivity index (χ2n) is 8.06. The van der Waals surface area contributed by atoms with E-state index < -0.39 is 22.6 Å². The van der Waals surface area contributed by atoms with Gasteiger partial charge in [-0.15, -0.1) is 0 Å². The Bertz CT molecular complexity index is 1240. The van der Waals surface area contributed by atoms with Crippen molar-refractivity contribution in [1.29, 1.82) is 0 Å². The van der Waals surface area contributed by atoms with Crippen molar-refractivity contribution >= 4 is 38.3 Å². The zero-order valence-corrected chi connectivity index (χ0v) is 16.5. The van der Waals surface area contributed by atoms with Crippen LogP contribution in [-0.2, 0) is 9.47 Å². The third-order valence-electron chi connectivity index (χ3n) is 6.29. The van der Waals surface area contributed by atoms with Gasteiger partial charge in [0.2, 0.25) is 5.43 Å². The molecule has 0 atom stereocenters. The molecule has 152 valence electrons. The molecule has 2 aliphatic heterocycles. The van der Waals surface area contributed by atoms with Gasteiger partial charge >= 0.3 is 0 Å². The van der Waals surface area contributed by atoms with Gasteiger partial charge in [0.1, 0.15) is 16.0 Å². The van der Waals surface area contributed by atoms with Crippen LogP contribution in [0.4, 0.5) is 10.1 Å². The fourth-order valence-corrected chi connectivity index (χ4v) is 5.58. The van der Waals surface area contributed by atoms with Crippen LogP contribution >= 0.6 is 11.5 Å². The van der Waals surface area contributed by atoms with Crippen molar-refractivity contribution in [1.82, 2.24) is 8.94 Å². The first-order chi connectivity index (χ1) is 14.1. The molecule has 1 aliphatic carbocycles. The number of ether oxygens (including phenoxy) is 2. The highest BCUT2D eigenvalue weighted by atomic mass is 32.1. The lowest BCUT2D eigenvalue weighted by Crippen LogP contribution is -2.45. The highest BCUT2D eigenvalue weighted by Gasteiger charge is 2.40. The van der Waals surface area contributed by atoms with Crippen molar-refractivity contribution in [3.63, 3.8) is 0 Å². The number of rotatable bonds is 2. The maximum Gasteiger partial charge on any atom is 0.271 e. The lowest BCUT2D eigenvalue weighted by atomic mass is 10.0. The summed E-state index contributed by atoms with van der Waals surface area (Å²) in [4.78, 5) is 27.8. The van der Waals surface area contributed by atoms with Gasteiger partial charge in [0, 0.05) is 37.4 Å². The largest absolute Gasteiger partial charge is 0.369 e. The molecular formula is C20H20FN3O4S. The maximum absolute atomic E-state index is 15.1. The Kier molecular flexibility index (Phi) is 3.73. The number of benzene rings is 1. The summed E-state index contributed by atoms with van der Waals surface area (Å²) in [7, 11) is 0. The molecule has 0 unspecified atom stereocenters. The first-order valence-corrected chi connectivity index (χ1v) is 10.8. The molecule has 0 amide bonds. The smallest absolute Gasteiger partial charge is 0.271 e. The van der Waals surface area contributed by atoms with Gasteiger partial charge in [0.05, 0.1) is 24.4 Å². The zero-order chi connectivity index (χ0) is 19.8. The fraction of sp³-hybridized carbons (Fsp3) is 0.500. The number of pyridine rings is 1. The van der Waals surface area contributed by atoms with Crippen LogP contribution in [0.1, 0.15) is 31.7 Å². The number of hydrogen-bond acceptors (Lipinski definition) is 6. The number of aromatic amines is 1. The van der Waals surface area contributed by atoms with Crippen molar-refractivity contribution in [3.05, 3.63) is 38.5 Å². The first kappa shape index (κ1) is 17.6. The molecule has 3 aliphatic rings. The van der Waals surface area contributed by atoms with Crippen LogP contribution < -0.4 is 15.9 Å². The van der Waals surface area contributed by atoms with E-state index in [1.165, 1.54) is 17.6 Å². The van der Waals surface area contributed by atoms with E-state index in [4.69, 9.17) is 9.47 Å². The Morgan fingerprint density at radius 2 is 1.86 bits per heavy atom. The minimum absolute atomic E-state index is 0.136.